The Morgan fingerprint density at radius 2 is 2.00 bits per heavy atom. The van der Waals surface area contributed by atoms with Crippen LogP contribution < -0.4 is 0 Å². The fraction of sp³-hybridized carbons (Fsp3) is 0.333. The van der Waals surface area contributed by atoms with E-state index in [1.54, 1.807) is 0 Å². The van der Waals surface area contributed by atoms with Crippen LogP contribution in [0.1, 0.15) is 27.3 Å². The number of carbonyl (C=O) groups is 1. The molecule has 0 atom stereocenters. The van der Waals surface area contributed by atoms with Crippen LogP contribution in [-0.4, -0.2) is 11.3 Å². The van der Waals surface area contributed by atoms with Crippen LogP contribution in [0.15, 0.2) is 6.07 Å². The molecule has 1 rings (SSSR count). The number of aryl methyl sites for hydroxylation is 2. The summed E-state index contributed by atoms with van der Waals surface area (Å²) in [7, 11) is 0. The zero-order valence-corrected chi connectivity index (χ0v) is 7.01. The first-order valence-corrected chi connectivity index (χ1v) is 3.55. The fourth-order valence-electron chi connectivity index (χ4n) is 1.04. The van der Waals surface area contributed by atoms with Gasteiger partial charge in [-0.05, 0) is 38.0 Å². The van der Waals surface area contributed by atoms with E-state index in [9.17, 15) is 4.79 Å². The first kappa shape index (κ1) is 7.92. The van der Waals surface area contributed by atoms with Crippen molar-refractivity contribution in [3.8, 4) is 0 Å². The van der Waals surface area contributed by atoms with Crippen molar-refractivity contribution in [3.05, 3.63) is 28.6 Å². The Morgan fingerprint density at radius 1 is 1.36 bits per heavy atom. The highest BCUT2D eigenvalue weighted by Crippen LogP contribution is 2.09. The number of pyridine rings is 1. The Balaban J connectivity index is 3.35. The number of aromatic nitrogens is 1. The Labute approximate surface area is 66.3 Å². The first-order chi connectivity index (χ1) is 5.15. The van der Waals surface area contributed by atoms with E-state index in [1.165, 1.54) is 0 Å². The van der Waals surface area contributed by atoms with Gasteiger partial charge >= 0.3 is 0 Å². The summed E-state index contributed by atoms with van der Waals surface area (Å²) in [6.07, 6.45) is 0.801. The fourth-order valence-corrected chi connectivity index (χ4v) is 1.04. The molecule has 58 valence electrons. The minimum Gasteiger partial charge on any atom is -0.296 e. The zero-order valence-electron chi connectivity index (χ0n) is 7.01. The van der Waals surface area contributed by atoms with Crippen LogP contribution in [0.25, 0.3) is 0 Å². The molecule has 0 bridgehead atoms. The van der Waals surface area contributed by atoms with Crippen molar-refractivity contribution in [2.45, 2.75) is 20.8 Å². The number of aldehydes is 1. The Bertz CT molecular complexity index is 292. The Kier molecular flexibility index (Phi) is 2.03. The van der Waals surface area contributed by atoms with Crippen LogP contribution >= 0.6 is 0 Å². The average Bonchev–Trinajstić information content (AvgIpc) is 1.96. The van der Waals surface area contributed by atoms with Gasteiger partial charge in [-0.3, -0.25) is 9.78 Å². The van der Waals surface area contributed by atoms with Crippen molar-refractivity contribution in [1.29, 1.82) is 0 Å². The first-order valence-electron chi connectivity index (χ1n) is 3.55. The molecule has 2 nitrogen and oxygen atoms in total. The molecule has 0 aliphatic heterocycles. The second-order valence-corrected chi connectivity index (χ2v) is 2.71. The summed E-state index contributed by atoms with van der Waals surface area (Å²) in [5, 5.41) is 0. The van der Waals surface area contributed by atoms with Gasteiger partial charge in [-0.1, -0.05) is 0 Å². The topological polar surface area (TPSA) is 30.0 Å². The van der Waals surface area contributed by atoms with Gasteiger partial charge in [0.25, 0.3) is 0 Å². The smallest absolute Gasteiger partial charge is 0.168 e. The summed E-state index contributed by atoms with van der Waals surface area (Å²) in [4.78, 5) is 14.6. The maximum absolute atomic E-state index is 10.5. The third kappa shape index (κ3) is 1.45. The molecule has 0 saturated carbocycles. The van der Waals surface area contributed by atoms with Crippen LogP contribution in [0.3, 0.4) is 0 Å². The van der Waals surface area contributed by atoms with Crippen molar-refractivity contribution in [1.82, 2.24) is 4.98 Å². The molecule has 0 aliphatic carbocycles. The van der Waals surface area contributed by atoms with Crippen molar-refractivity contribution >= 4 is 6.29 Å². The largest absolute Gasteiger partial charge is 0.296 e. The van der Waals surface area contributed by atoms with Gasteiger partial charge in [0.05, 0.1) is 0 Å². The summed E-state index contributed by atoms with van der Waals surface area (Å²) >= 11 is 0. The molecule has 1 heterocycles. The average molecular weight is 149 g/mol. The SMILES string of the molecule is Cc1cc(C)c(C)c(C=O)n1. The number of nitrogens with zero attached hydrogens (tertiary/aromatic N) is 1. The van der Waals surface area contributed by atoms with Gasteiger partial charge in [0.1, 0.15) is 5.69 Å². The molecule has 0 amide bonds. The Morgan fingerprint density at radius 3 is 2.55 bits per heavy atom. The predicted molar refractivity (Wildman–Crippen MR) is 43.8 cm³/mol. The lowest BCUT2D eigenvalue weighted by molar-refractivity contribution is 0.111. The van der Waals surface area contributed by atoms with E-state index in [0.29, 0.717) is 5.69 Å². The van der Waals surface area contributed by atoms with Gasteiger partial charge in [0, 0.05) is 5.69 Å². The van der Waals surface area contributed by atoms with Crippen molar-refractivity contribution < 1.29 is 4.79 Å². The minimum absolute atomic E-state index is 0.558. The van der Waals surface area contributed by atoms with Gasteiger partial charge in [-0.15, -0.1) is 0 Å². The van der Waals surface area contributed by atoms with Crippen LogP contribution in [-0.2, 0) is 0 Å². The normalized spacial score (nSPS) is 9.73. The lowest BCUT2D eigenvalue weighted by Crippen LogP contribution is -1.96. The molecule has 0 aliphatic rings. The molecule has 0 unspecified atom stereocenters. The third-order valence-corrected chi connectivity index (χ3v) is 1.81. The van der Waals surface area contributed by atoms with Crippen LogP contribution in [0.2, 0.25) is 0 Å². The second kappa shape index (κ2) is 2.82. The highest BCUT2D eigenvalue weighted by atomic mass is 16.1. The number of carbonyl (C=O) groups excluding carboxylic acids is 1. The lowest BCUT2D eigenvalue weighted by atomic mass is 10.1. The third-order valence-electron chi connectivity index (χ3n) is 1.81. The van der Waals surface area contributed by atoms with Gasteiger partial charge < -0.3 is 0 Å². The highest BCUT2D eigenvalue weighted by Gasteiger charge is 2.01. The van der Waals surface area contributed by atoms with Gasteiger partial charge in [-0.2, -0.15) is 0 Å². The number of hydrogen-bond donors (Lipinski definition) is 0. The summed E-state index contributed by atoms with van der Waals surface area (Å²) in [5.74, 6) is 0. The molecule has 11 heavy (non-hydrogen) atoms. The molecule has 0 radical (unpaired) electrons. The molecule has 0 aromatic carbocycles. The molecular weight excluding hydrogens is 138 g/mol. The van der Waals surface area contributed by atoms with Crippen molar-refractivity contribution in [2.75, 3.05) is 0 Å². The van der Waals surface area contributed by atoms with Crippen molar-refractivity contribution in [3.63, 3.8) is 0 Å². The highest BCUT2D eigenvalue weighted by molar-refractivity contribution is 5.74. The maximum atomic E-state index is 10.5. The summed E-state index contributed by atoms with van der Waals surface area (Å²) < 4.78 is 0. The van der Waals surface area contributed by atoms with E-state index in [0.717, 1.165) is 23.1 Å². The van der Waals surface area contributed by atoms with E-state index in [4.69, 9.17) is 0 Å². The molecule has 0 fully saturated rings. The number of hydrogen-bond acceptors (Lipinski definition) is 2. The molecule has 1 aromatic rings. The second-order valence-electron chi connectivity index (χ2n) is 2.71. The summed E-state index contributed by atoms with van der Waals surface area (Å²) in [5.41, 5.74) is 3.56. The van der Waals surface area contributed by atoms with Crippen LogP contribution in [0, 0.1) is 20.8 Å². The predicted octanol–water partition coefficient (Wildman–Crippen LogP) is 1.82. The van der Waals surface area contributed by atoms with E-state index < -0.39 is 0 Å². The number of rotatable bonds is 1. The van der Waals surface area contributed by atoms with Crippen LogP contribution in [0.5, 0.6) is 0 Å². The zero-order chi connectivity index (χ0) is 8.43. The standard InChI is InChI=1S/C9H11NO/c1-6-4-7(2)10-9(5-11)8(6)3/h4-5H,1-3H3. The summed E-state index contributed by atoms with van der Waals surface area (Å²) in [6, 6.07) is 1.97. The van der Waals surface area contributed by atoms with E-state index in [2.05, 4.69) is 4.98 Å². The van der Waals surface area contributed by atoms with Crippen molar-refractivity contribution in [2.24, 2.45) is 0 Å². The molecule has 0 spiro atoms. The van der Waals surface area contributed by atoms with E-state index in [1.807, 2.05) is 26.8 Å². The molecule has 2 heteroatoms. The quantitative estimate of drug-likeness (QED) is 0.570. The Hall–Kier alpha value is -1.18. The maximum Gasteiger partial charge on any atom is 0.168 e. The lowest BCUT2D eigenvalue weighted by Gasteiger charge is -2.02. The molecule has 0 N–H and O–H groups in total. The van der Waals surface area contributed by atoms with E-state index >= 15 is 0 Å². The van der Waals surface area contributed by atoms with Gasteiger partial charge in [0.2, 0.25) is 0 Å². The van der Waals surface area contributed by atoms with E-state index in [-0.39, 0.29) is 0 Å². The molecular formula is C9H11NO. The minimum atomic E-state index is 0.558. The molecule has 0 saturated heterocycles. The molecule has 1 aromatic heterocycles. The van der Waals surface area contributed by atoms with Crippen LogP contribution in [0.4, 0.5) is 0 Å². The summed E-state index contributed by atoms with van der Waals surface area (Å²) in [6.45, 7) is 5.78. The van der Waals surface area contributed by atoms with Gasteiger partial charge in [0.15, 0.2) is 6.29 Å². The van der Waals surface area contributed by atoms with Gasteiger partial charge in [-0.25, -0.2) is 0 Å². The monoisotopic (exact) mass is 149 g/mol.